The standard InChI is InChI=1S/C20H30N4O3S.HI/c1-15-4-5-17-16(13-23-18(17)12-15)6-9-22-19(21-2)24-14-20(28(3,25)26)7-10-27-11-8-20;/h4-5,12-13,23H,6-11,14H2,1-3H3,(H2,21,22,24);1H. The van der Waals surface area contributed by atoms with Crippen LogP contribution in [-0.2, 0) is 21.0 Å². The smallest absolute Gasteiger partial charge is 0.191 e. The fourth-order valence-electron chi connectivity index (χ4n) is 3.71. The molecule has 7 nitrogen and oxygen atoms in total. The Kier molecular flexibility index (Phi) is 8.36. The lowest BCUT2D eigenvalue weighted by atomic mass is 9.99. The quantitative estimate of drug-likeness (QED) is 0.301. The number of aromatic amines is 1. The van der Waals surface area contributed by atoms with Gasteiger partial charge in [0.2, 0.25) is 0 Å². The first-order chi connectivity index (χ1) is 13.3. The maximum absolute atomic E-state index is 12.4. The highest BCUT2D eigenvalue weighted by Gasteiger charge is 2.42. The number of H-pyrrole nitrogens is 1. The first-order valence-corrected chi connectivity index (χ1v) is 11.5. The fourth-order valence-corrected chi connectivity index (χ4v) is 4.95. The summed E-state index contributed by atoms with van der Waals surface area (Å²) in [7, 11) is -1.51. The Bertz CT molecular complexity index is 950. The normalized spacial score (nSPS) is 17.0. The molecule has 0 amide bonds. The number of aromatic nitrogens is 1. The minimum Gasteiger partial charge on any atom is -0.381 e. The van der Waals surface area contributed by atoms with Gasteiger partial charge in [-0.2, -0.15) is 0 Å². The van der Waals surface area contributed by atoms with Gasteiger partial charge >= 0.3 is 0 Å². The van der Waals surface area contributed by atoms with E-state index in [1.165, 1.54) is 22.8 Å². The van der Waals surface area contributed by atoms with Gasteiger partial charge in [0, 0.05) is 56.7 Å². The highest BCUT2D eigenvalue weighted by molar-refractivity contribution is 14.0. The molecule has 0 radical (unpaired) electrons. The first-order valence-electron chi connectivity index (χ1n) is 9.63. The molecular weight excluding hydrogens is 503 g/mol. The predicted octanol–water partition coefficient (Wildman–Crippen LogP) is 2.40. The minimum absolute atomic E-state index is 0. The van der Waals surface area contributed by atoms with Gasteiger partial charge in [-0.1, -0.05) is 12.1 Å². The molecular formula is C20H31IN4O3S. The molecule has 29 heavy (non-hydrogen) atoms. The summed E-state index contributed by atoms with van der Waals surface area (Å²) in [5.41, 5.74) is 3.62. The van der Waals surface area contributed by atoms with Crippen molar-refractivity contribution >= 4 is 50.7 Å². The molecule has 1 aliphatic heterocycles. The van der Waals surface area contributed by atoms with Crippen LogP contribution >= 0.6 is 24.0 Å². The van der Waals surface area contributed by atoms with Crippen LogP contribution in [0, 0.1) is 6.92 Å². The zero-order valence-electron chi connectivity index (χ0n) is 17.2. The first kappa shape index (κ1) is 23.9. The summed E-state index contributed by atoms with van der Waals surface area (Å²) in [6.07, 6.45) is 5.21. The van der Waals surface area contributed by atoms with Crippen molar-refractivity contribution in [3.8, 4) is 0 Å². The van der Waals surface area contributed by atoms with Crippen LogP contribution < -0.4 is 10.6 Å². The molecule has 1 aliphatic rings. The van der Waals surface area contributed by atoms with Gasteiger partial charge in [-0.15, -0.1) is 24.0 Å². The number of hydrogen-bond donors (Lipinski definition) is 3. The van der Waals surface area contributed by atoms with E-state index < -0.39 is 14.6 Å². The van der Waals surface area contributed by atoms with Crippen molar-refractivity contribution in [2.45, 2.75) is 30.9 Å². The van der Waals surface area contributed by atoms with Gasteiger partial charge in [-0.3, -0.25) is 4.99 Å². The summed E-state index contributed by atoms with van der Waals surface area (Å²) in [5.74, 6) is 0.616. The van der Waals surface area contributed by atoms with Crippen LogP contribution in [0.15, 0.2) is 29.4 Å². The van der Waals surface area contributed by atoms with Crippen molar-refractivity contribution in [3.05, 3.63) is 35.5 Å². The van der Waals surface area contributed by atoms with E-state index in [-0.39, 0.29) is 24.0 Å². The summed E-state index contributed by atoms with van der Waals surface area (Å²) in [6.45, 7) is 4.07. The van der Waals surface area contributed by atoms with Crippen LogP contribution in [0.25, 0.3) is 10.9 Å². The van der Waals surface area contributed by atoms with Crippen molar-refractivity contribution in [1.82, 2.24) is 15.6 Å². The average Bonchev–Trinajstić information content (AvgIpc) is 3.06. The van der Waals surface area contributed by atoms with Gasteiger partial charge in [0.15, 0.2) is 15.8 Å². The second-order valence-electron chi connectivity index (χ2n) is 7.53. The third kappa shape index (κ3) is 5.64. The Labute approximate surface area is 190 Å². The topological polar surface area (TPSA) is 95.6 Å². The summed E-state index contributed by atoms with van der Waals surface area (Å²) in [4.78, 5) is 7.56. The Balaban J connectivity index is 0.00000300. The van der Waals surface area contributed by atoms with Crippen molar-refractivity contribution in [2.75, 3.05) is 39.6 Å². The third-order valence-electron chi connectivity index (χ3n) is 5.60. The molecule has 2 aromatic rings. The fraction of sp³-hybridized carbons (Fsp3) is 0.550. The average molecular weight is 534 g/mol. The Morgan fingerprint density at radius 3 is 2.66 bits per heavy atom. The molecule has 0 saturated carbocycles. The number of halogens is 1. The van der Waals surface area contributed by atoms with E-state index in [1.807, 2.05) is 6.20 Å². The highest BCUT2D eigenvalue weighted by atomic mass is 127. The molecule has 0 unspecified atom stereocenters. The van der Waals surface area contributed by atoms with Crippen molar-refractivity contribution in [2.24, 2.45) is 4.99 Å². The van der Waals surface area contributed by atoms with Crippen LogP contribution in [-0.4, -0.2) is 63.7 Å². The van der Waals surface area contributed by atoms with Crippen LogP contribution in [0.2, 0.25) is 0 Å². The number of hydrogen-bond acceptors (Lipinski definition) is 4. The zero-order chi connectivity index (χ0) is 20.2. The maximum Gasteiger partial charge on any atom is 0.191 e. The number of aryl methyl sites for hydroxylation is 1. The number of sulfone groups is 1. The number of benzene rings is 1. The van der Waals surface area contributed by atoms with Gasteiger partial charge in [0.05, 0.1) is 4.75 Å². The zero-order valence-corrected chi connectivity index (χ0v) is 20.4. The molecule has 0 aliphatic carbocycles. The lowest BCUT2D eigenvalue weighted by molar-refractivity contribution is 0.0756. The second-order valence-corrected chi connectivity index (χ2v) is 9.94. The van der Waals surface area contributed by atoms with E-state index in [4.69, 9.17) is 4.74 Å². The Morgan fingerprint density at radius 2 is 2.00 bits per heavy atom. The molecule has 0 spiro atoms. The number of fused-ring (bicyclic) bond motifs is 1. The van der Waals surface area contributed by atoms with Gasteiger partial charge in [0.25, 0.3) is 0 Å². The Morgan fingerprint density at radius 1 is 1.28 bits per heavy atom. The molecule has 2 heterocycles. The van der Waals surface area contributed by atoms with Crippen LogP contribution in [0.5, 0.6) is 0 Å². The number of nitrogens with zero attached hydrogens (tertiary/aromatic N) is 1. The molecule has 3 N–H and O–H groups in total. The van der Waals surface area contributed by atoms with Crippen molar-refractivity contribution in [3.63, 3.8) is 0 Å². The van der Waals surface area contributed by atoms with E-state index in [2.05, 4.69) is 45.7 Å². The molecule has 3 rings (SSSR count). The monoisotopic (exact) mass is 534 g/mol. The van der Waals surface area contributed by atoms with Crippen molar-refractivity contribution in [1.29, 1.82) is 0 Å². The predicted molar refractivity (Wildman–Crippen MR) is 129 cm³/mol. The second kappa shape index (κ2) is 10.1. The molecule has 1 fully saturated rings. The van der Waals surface area contributed by atoms with Gasteiger partial charge < -0.3 is 20.4 Å². The molecule has 162 valence electrons. The van der Waals surface area contributed by atoms with Crippen molar-refractivity contribution < 1.29 is 13.2 Å². The molecule has 0 atom stereocenters. The van der Waals surface area contributed by atoms with Gasteiger partial charge in [-0.25, -0.2) is 8.42 Å². The van der Waals surface area contributed by atoms with Crippen LogP contribution in [0.4, 0.5) is 0 Å². The van der Waals surface area contributed by atoms with Crippen LogP contribution in [0.1, 0.15) is 24.0 Å². The Hall–Kier alpha value is -1.33. The summed E-state index contributed by atoms with van der Waals surface area (Å²) in [6, 6.07) is 6.40. The lowest BCUT2D eigenvalue weighted by Gasteiger charge is -2.35. The molecule has 1 saturated heterocycles. The largest absolute Gasteiger partial charge is 0.381 e. The summed E-state index contributed by atoms with van der Waals surface area (Å²) >= 11 is 0. The lowest BCUT2D eigenvalue weighted by Crippen LogP contribution is -2.53. The molecule has 0 bridgehead atoms. The summed E-state index contributed by atoms with van der Waals surface area (Å²) in [5, 5.41) is 7.73. The minimum atomic E-state index is -3.20. The van der Waals surface area contributed by atoms with E-state index in [9.17, 15) is 8.42 Å². The molecule has 9 heteroatoms. The third-order valence-corrected chi connectivity index (χ3v) is 7.73. The summed E-state index contributed by atoms with van der Waals surface area (Å²) < 4.78 is 29.3. The molecule has 1 aromatic heterocycles. The van der Waals surface area contributed by atoms with Gasteiger partial charge in [0.1, 0.15) is 0 Å². The SMILES string of the molecule is CN=C(NCCc1c[nH]c2cc(C)ccc12)NCC1(S(C)(=O)=O)CCOCC1.I. The van der Waals surface area contributed by atoms with E-state index in [0.717, 1.165) is 11.9 Å². The number of ether oxygens (including phenoxy) is 1. The van der Waals surface area contributed by atoms with Gasteiger partial charge in [-0.05, 0) is 43.4 Å². The molecule has 1 aromatic carbocycles. The number of nitrogens with one attached hydrogen (secondary N) is 3. The van der Waals surface area contributed by atoms with E-state index >= 15 is 0 Å². The number of aliphatic imine (C=N–C) groups is 1. The number of rotatable bonds is 6. The van der Waals surface area contributed by atoms with Crippen LogP contribution in [0.3, 0.4) is 0 Å². The number of guanidine groups is 1. The highest BCUT2D eigenvalue weighted by Crippen LogP contribution is 2.28. The van der Waals surface area contributed by atoms with E-state index in [1.54, 1.807) is 7.05 Å². The van der Waals surface area contributed by atoms with E-state index in [0.29, 0.717) is 45.1 Å². The maximum atomic E-state index is 12.4.